The summed E-state index contributed by atoms with van der Waals surface area (Å²) in [6, 6.07) is 0.253. The topological polar surface area (TPSA) is 32.7 Å². The van der Waals surface area contributed by atoms with Gasteiger partial charge in [-0.3, -0.25) is 14.7 Å². The number of aliphatic imine (C=N–C) groups is 1. The molecule has 0 radical (unpaired) electrons. The first-order chi connectivity index (χ1) is 4.22. The molecule has 1 amide bonds. The van der Waals surface area contributed by atoms with Crippen molar-refractivity contribution in [2.45, 2.75) is 19.9 Å². The highest BCUT2D eigenvalue weighted by Crippen LogP contribution is 2.00. The Hall–Kier alpha value is -0.860. The molecule has 3 nitrogen and oxygen atoms in total. The normalized spacial score (nSPS) is 18.1. The third-order valence-corrected chi connectivity index (χ3v) is 1.28. The monoisotopic (exact) mass is 126 g/mol. The SMILES string of the molecule is CC(C)N1C=NCC1=O. The van der Waals surface area contributed by atoms with Gasteiger partial charge in [-0.25, -0.2) is 0 Å². The van der Waals surface area contributed by atoms with Crippen LogP contribution >= 0.6 is 0 Å². The quantitative estimate of drug-likeness (QED) is 0.496. The van der Waals surface area contributed by atoms with Crippen molar-refractivity contribution < 1.29 is 4.79 Å². The zero-order valence-corrected chi connectivity index (χ0v) is 5.66. The Kier molecular flexibility index (Phi) is 1.51. The highest BCUT2D eigenvalue weighted by Gasteiger charge is 2.17. The predicted octanol–water partition coefficient (Wildman–Crippen LogP) is 0.265. The highest BCUT2D eigenvalue weighted by atomic mass is 16.2. The average Bonchev–Trinajstić information content (AvgIpc) is 2.13. The number of rotatable bonds is 1. The number of hydrogen-bond acceptors (Lipinski definition) is 2. The molecule has 3 heteroatoms. The first-order valence-corrected chi connectivity index (χ1v) is 3.03. The van der Waals surface area contributed by atoms with Crippen LogP contribution in [0.1, 0.15) is 13.8 Å². The Morgan fingerprint density at radius 1 is 1.78 bits per heavy atom. The van der Waals surface area contributed by atoms with Gasteiger partial charge in [-0.15, -0.1) is 0 Å². The fraction of sp³-hybridized carbons (Fsp3) is 0.667. The second-order valence-electron chi connectivity index (χ2n) is 2.35. The van der Waals surface area contributed by atoms with Gasteiger partial charge in [0.25, 0.3) is 0 Å². The van der Waals surface area contributed by atoms with Gasteiger partial charge in [0, 0.05) is 6.04 Å². The molecule has 0 unspecified atom stereocenters. The zero-order chi connectivity index (χ0) is 6.85. The smallest absolute Gasteiger partial charge is 0.249 e. The second-order valence-corrected chi connectivity index (χ2v) is 2.35. The number of hydrogen-bond donors (Lipinski definition) is 0. The lowest BCUT2D eigenvalue weighted by atomic mass is 10.3. The van der Waals surface area contributed by atoms with Gasteiger partial charge >= 0.3 is 0 Å². The summed E-state index contributed by atoms with van der Waals surface area (Å²) >= 11 is 0. The molecule has 0 N–H and O–H groups in total. The van der Waals surface area contributed by atoms with Crippen molar-refractivity contribution in [1.82, 2.24) is 4.90 Å². The molecule has 0 fully saturated rings. The standard InChI is InChI=1S/C6H10N2O/c1-5(2)8-4-7-3-6(8)9/h4-5H,3H2,1-2H3. The van der Waals surface area contributed by atoms with Gasteiger partial charge < -0.3 is 0 Å². The van der Waals surface area contributed by atoms with E-state index in [0.717, 1.165) is 0 Å². The molecule has 1 heterocycles. The van der Waals surface area contributed by atoms with Crippen molar-refractivity contribution in [3.63, 3.8) is 0 Å². The first kappa shape index (κ1) is 6.26. The van der Waals surface area contributed by atoms with Gasteiger partial charge in [0.05, 0.1) is 6.34 Å². The van der Waals surface area contributed by atoms with Crippen LogP contribution < -0.4 is 0 Å². The largest absolute Gasteiger partial charge is 0.299 e. The summed E-state index contributed by atoms with van der Waals surface area (Å²) in [5.74, 6) is 0.102. The van der Waals surface area contributed by atoms with Crippen LogP contribution in [0.4, 0.5) is 0 Å². The number of amides is 1. The minimum absolute atomic E-state index is 0.102. The van der Waals surface area contributed by atoms with Crippen molar-refractivity contribution in [1.29, 1.82) is 0 Å². The van der Waals surface area contributed by atoms with E-state index in [1.165, 1.54) is 0 Å². The summed E-state index contributed by atoms with van der Waals surface area (Å²) in [6.45, 7) is 4.27. The molecule has 0 atom stereocenters. The molecule has 0 saturated heterocycles. The molecule has 0 saturated carbocycles. The van der Waals surface area contributed by atoms with Crippen LogP contribution in [-0.2, 0) is 4.79 Å². The Labute approximate surface area is 54.4 Å². The Balaban J connectivity index is 2.59. The first-order valence-electron chi connectivity index (χ1n) is 3.03. The van der Waals surface area contributed by atoms with E-state index in [-0.39, 0.29) is 11.9 Å². The van der Waals surface area contributed by atoms with E-state index in [1.54, 1.807) is 11.2 Å². The minimum atomic E-state index is 0.102. The van der Waals surface area contributed by atoms with Crippen LogP contribution in [0, 0.1) is 0 Å². The van der Waals surface area contributed by atoms with E-state index >= 15 is 0 Å². The third-order valence-electron chi connectivity index (χ3n) is 1.28. The fourth-order valence-electron chi connectivity index (χ4n) is 0.774. The van der Waals surface area contributed by atoms with Crippen LogP contribution in [-0.4, -0.2) is 29.7 Å². The lowest BCUT2D eigenvalue weighted by molar-refractivity contribution is -0.125. The molecule has 0 aromatic rings. The Morgan fingerprint density at radius 3 is 2.67 bits per heavy atom. The fourth-order valence-corrected chi connectivity index (χ4v) is 0.774. The minimum Gasteiger partial charge on any atom is -0.299 e. The molecule has 1 aliphatic rings. The van der Waals surface area contributed by atoms with Crippen molar-refractivity contribution >= 4 is 12.2 Å². The number of nitrogens with zero attached hydrogens (tertiary/aromatic N) is 2. The summed E-state index contributed by atoms with van der Waals surface area (Å²) in [7, 11) is 0. The summed E-state index contributed by atoms with van der Waals surface area (Å²) in [5.41, 5.74) is 0. The number of carbonyl (C=O) groups excluding carboxylic acids is 1. The number of carbonyl (C=O) groups is 1. The zero-order valence-electron chi connectivity index (χ0n) is 5.66. The molecule has 0 aliphatic carbocycles. The van der Waals surface area contributed by atoms with Gasteiger partial charge in [0.15, 0.2) is 0 Å². The van der Waals surface area contributed by atoms with E-state index in [9.17, 15) is 4.79 Å². The molecular formula is C6H10N2O. The van der Waals surface area contributed by atoms with Crippen LogP contribution in [0.25, 0.3) is 0 Å². The molecule has 0 spiro atoms. The van der Waals surface area contributed by atoms with Crippen LogP contribution in [0.2, 0.25) is 0 Å². The van der Waals surface area contributed by atoms with Gasteiger partial charge in [0.1, 0.15) is 6.54 Å². The molecule has 0 bridgehead atoms. The van der Waals surface area contributed by atoms with Crippen LogP contribution in [0.5, 0.6) is 0 Å². The van der Waals surface area contributed by atoms with Gasteiger partial charge in [-0.1, -0.05) is 0 Å². The second kappa shape index (κ2) is 2.17. The lowest BCUT2D eigenvalue weighted by Crippen LogP contribution is -2.32. The predicted molar refractivity (Wildman–Crippen MR) is 35.3 cm³/mol. The van der Waals surface area contributed by atoms with Crippen molar-refractivity contribution in [2.24, 2.45) is 4.99 Å². The maximum absolute atomic E-state index is 10.8. The lowest BCUT2D eigenvalue weighted by Gasteiger charge is -2.15. The van der Waals surface area contributed by atoms with E-state index in [2.05, 4.69) is 4.99 Å². The Bertz CT molecular complexity index is 151. The highest BCUT2D eigenvalue weighted by molar-refractivity contribution is 5.94. The molecule has 9 heavy (non-hydrogen) atoms. The molecule has 1 rings (SSSR count). The van der Waals surface area contributed by atoms with E-state index in [0.29, 0.717) is 6.54 Å². The summed E-state index contributed by atoms with van der Waals surface area (Å²) in [6.07, 6.45) is 1.60. The average molecular weight is 126 g/mol. The van der Waals surface area contributed by atoms with E-state index in [4.69, 9.17) is 0 Å². The summed E-state index contributed by atoms with van der Waals surface area (Å²) in [5, 5.41) is 0. The molecule has 0 aromatic heterocycles. The van der Waals surface area contributed by atoms with Crippen molar-refractivity contribution in [2.75, 3.05) is 6.54 Å². The van der Waals surface area contributed by atoms with Crippen molar-refractivity contribution in [3.05, 3.63) is 0 Å². The van der Waals surface area contributed by atoms with Gasteiger partial charge in [-0.05, 0) is 13.8 Å². The van der Waals surface area contributed by atoms with Gasteiger partial charge in [0.2, 0.25) is 5.91 Å². The van der Waals surface area contributed by atoms with Gasteiger partial charge in [-0.2, -0.15) is 0 Å². The molecule has 0 aromatic carbocycles. The summed E-state index contributed by atoms with van der Waals surface area (Å²) < 4.78 is 0. The van der Waals surface area contributed by atoms with Crippen LogP contribution in [0.15, 0.2) is 4.99 Å². The Morgan fingerprint density at radius 2 is 2.44 bits per heavy atom. The molecule has 1 aliphatic heterocycles. The molecular weight excluding hydrogens is 116 g/mol. The van der Waals surface area contributed by atoms with E-state index < -0.39 is 0 Å². The van der Waals surface area contributed by atoms with Crippen molar-refractivity contribution in [3.8, 4) is 0 Å². The maximum Gasteiger partial charge on any atom is 0.249 e. The van der Waals surface area contributed by atoms with E-state index in [1.807, 2.05) is 13.8 Å². The maximum atomic E-state index is 10.8. The molecule has 50 valence electrons. The third kappa shape index (κ3) is 1.09. The summed E-state index contributed by atoms with van der Waals surface area (Å²) in [4.78, 5) is 16.3. The van der Waals surface area contributed by atoms with Crippen LogP contribution in [0.3, 0.4) is 0 Å².